The highest BCUT2D eigenvalue weighted by atomic mass is 16.1. The quantitative estimate of drug-likeness (QED) is 0.701. The first-order valence-electron chi connectivity index (χ1n) is 7.18. The summed E-state index contributed by atoms with van der Waals surface area (Å²) in [4.78, 5) is 11.9. The van der Waals surface area contributed by atoms with Crippen molar-refractivity contribution >= 4 is 11.6 Å². The molecule has 0 fully saturated rings. The van der Waals surface area contributed by atoms with Crippen molar-refractivity contribution < 1.29 is 4.79 Å². The molecule has 0 aromatic heterocycles. The van der Waals surface area contributed by atoms with Crippen molar-refractivity contribution in [3.05, 3.63) is 29.8 Å². The molecule has 1 rings (SSSR count). The zero-order valence-corrected chi connectivity index (χ0v) is 13.2. The summed E-state index contributed by atoms with van der Waals surface area (Å²) in [6.45, 7) is 12.0. The summed E-state index contributed by atoms with van der Waals surface area (Å²) >= 11 is 0. The van der Waals surface area contributed by atoms with Crippen molar-refractivity contribution in [2.45, 2.75) is 46.2 Å². The first-order valence-corrected chi connectivity index (χ1v) is 7.18. The van der Waals surface area contributed by atoms with E-state index in [4.69, 9.17) is 0 Å². The predicted molar refractivity (Wildman–Crippen MR) is 85.3 cm³/mol. The van der Waals surface area contributed by atoms with Crippen LogP contribution in [0, 0.1) is 0 Å². The Kier molecular flexibility index (Phi) is 6.02. The Bertz CT molecular complexity index is 436. The van der Waals surface area contributed by atoms with Crippen LogP contribution in [0.4, 0.5) is 5.69 Å². The lowest BCUT2D eigenvalue weighted by molar-refractivity contribution is 0.0943. The number of anilines is 1. The van der Waals surface area contributed by atoms with E-state index < -0.39 is 0 Å². The highest BCUT2D eigenvalue weighted by Crippen LogP contribution is 2.10. The summed E-state index contributed by atoms with van der Waals surface area (Å²) in [5.74, 6) is -0.0310. The Morgan fingerprint density at radius 2 is 1.90 bits per heavy atom. The molecule has 0 saturated carbocycles. The second-order valence-electron chi connectivity index (χ2n) is 6.31. The van der Waals surface area contributed by atoms with E-state index in [1.807, 2.05) is 38.1 Å². The highest BCUT2D eigenvalue weighted by molar-refractivity contribution is 5.95. The van der Waals surface area contributed by atoms with Crippen LogP contribution in [-0.4, -0.2) is 30.6 Å². The van der Waals surface area contributed by atoms with Crippen molar-refractivity contribution in [2.24, 2.45) is 0 Å². The topological polar surface area (TPSA) is 53.2 Å². The van der Waals surface area contributed by atoms with Crippen molar-refractivity contribution in [2.75, 3.05) is 18.4 Å². The fourth-order valence-electron chi connectivity index (χ4n) is 1.76. The average Bonchev–Trinajstić information content (AvgIpc) is 2.33. The summed E-state index contributed by atoms with van der Waals surface area (Å²) in [5, 5.41) is 9.63. The van der Waals surface area contributed by atoms with Gasteiger partial charge in [-0.1, -0.05) is 6.07 Å². The van der Waals surface area contributed by atoms with Crippen LogP contribution in [-0.2, 0) is 0 Å². The van der Waals surface area contributed by atoms with Gasteiger partial charge in [0.05, 0.1) is 0 Å². The molecule has 0 unspecified atom stereocenters. The number of nitrogens with one attached hydrogen (secondary N) is 3. The van der Waals surface area contributed by atoms with Crippen molar-refractivity contribution in [1.29, 1.82) is 0 Å². The van der Waals surface area contributed by atoms with E-state index in [-0.39, 0.29) is 17.5 Å². The van der Waals surface area contributed by atoms with E-state index in [2.05, 4.69) is 36.7 Å². The summed E-state index contributed by atoms with van der Waals surface area (Å²) in [7, 11) is 0. The maximum atomic E-state index is 11.9. The number of amides is 1. The molecule has 0 radical (unpaired) electrons. The number of benzene rings is 1. The molecule has 1 amide bonds. The molecule has 4 nitrogen and oxygen atoms in total. The molecule has 112 valence electrons. The minimum atomic E-state index is -0.0310. The van der Waals surface area contributed by atoms with Crippen LogP contribution in [0.15, 0.2) is 24.3 Å². The molecule has 0 bridgehead atoms. The molecule has 0 aliphatic heterocycles. The van der Waals surface area contributed by atoms with E-state index in [1.165, 1.54) is 0 Å². The zero-order valence-electron chi connectivity index (χ0n) is 13.2. The molecule has 0 spiro atoms. The molecule has 0 aliphatic carbocycles. The van der Waals surface area contributed by atoms with E-state index in [0.717, 1.165) is 18.8 Å². The second-order valence-corrected chi connectivity index (χ2v) is 6.31. The van der Waals surface area contributed by atoms with Gasteiger partial charge in [-0.2, -0.15) is 0 Å². The molecule has 4 heteroatoms. The third kappa shape index (κ3) is 6.57. The molecule has 3 N–H and O–H groups in total. The number of hydrogen-bond acceptors (Lipinski definition) is 3. The van der Waals surface area contributed by atoms with Crippen molar-refractivity contribution in [3.63, 3.8) is 0 Å². The number of rotatable bonds is 6. The lowest BCUT2D eigenvalue weighted by atomic mass is 10.1. The molecule has 0 saturated heterocycles. The summed E-state index contributed by atoms with van der Waals surface area (Å²) < 4.78 is 0. The van der Waals surface area contributed by atoms with Crippen LogP contribution in [0.5, 0.6) is 0 Å². The average molecular weight is 277 g/mol. The lowest BCUT2D eigenvalue weighted by Gasteiger charge is -2.20. The summed E-state index contributed by atoms with van der Waals surface area (Å²) in [6.07, 6.45) is 0. The molecular weight excluding hydrogens is 250 g/mol. The van der Waals surface area contributed by atoms with Crippen LogP contribution in [0.25, 0.3) is 0 Å². The Labute approximate surface area is 122 Å². The molecule has 1 aromatic carbocycles. The first kappa shape index (κ1) is 16.5. The van der Waals surface area contributed by atoms with Gasteiger partial charge in [0.15, 0.2) is 0 Å². The summed E-state index contributed by atoms with van der Waals surface area (Å²) in [5.41, 5.74) is 1.78. The Morgan fingerprint density at radius 1 is 1.20 bits per heavy atom. The zero-order chi connectivity index (χ0) is 15.2. The van der Waals surface area contributed by atoms with Crippen LogP contribution in [0.3, 0.4) is 0 Å². The fourth-order valence-corrected chi connectivity index (χ4v) is 1.76. The normalized spacial score (nSPS) is 11.5. The largest absolute Gasteiger partial charge is 0.384 e. The van der Waals surface area contributed by atoms with E-state index in [1.54, 1.807) is 0 Å². The fraction of sp³-hybridized carbons (Fsp3) is 0.562. The van der Waals surface area contributed by atoms with Crippen LogP contribution in [0.2, 0.25) is 0 Å². The molecule has 20 heavy (non-hydrogen) atoms. The molecule has 0 aliphatic rings. The van der Waals surface area contributed by atoms with Gasteiger partial charge in [-0.15, -0.1) is 0 Å². The highest BCUT2D eigenvalue weighted by Gasteiger charge is 2.08. The van der Waals surface area contributed by atoms with Gasteiger partial charge in [0.1, 0.15) is 0 Å². The van der Waals surface area contributed by atoms with Crippen LogP contribution < -0.4 is 16.0 Å². The van der Waals surface area contributed by atoms with Gasteiger partial charge in [0, 0.05) is 35.9 Å². The predicted octanol–water partition coefficient (Wildman–Crippen LogP) is 2.62. The van der Waals surface area contributed by atoms with E-state index in [0.29, 0.717) is 5.56 Å². The van der Waals surface area contributed by atoms with Crippen LogP contribution >= 0.6 is 0 Å². The number of carbonyl (C=O) groups excluding carboxylic acids is 1. The molecule has 0 heterocycles. The minimum absolute atomic E-state index is 0.0310. The van der Waals surface area contributed by atoms with Gasteiger partial charge < -0.3 is 16.0 Å². The lowest BCUT2D eigenvalue weighted by Crippen LogP contribution is -2.38. The van der Waals surface area contributed by atoms with Gasteiger partial charge in [-0.25, -0.2) is 0 Å². The van der Waals surface area contributed by atoms with Gasteiger partial charge in [-0.05, 0) is 52.8 Å². The van der Waals surface area contributed by atoms with Crippen molar-refractivity contribution in [3.8, 4) is 0 Å². The van der Waals surface area contributed by atoms with Crippen molar-refractivity contribution in [1.82, 2.24) is 10.6 Å². The Balaban J connectivity index is 2.50. The van der Waals surface area contributed by atoms with E-state index in [9.17, 15) is 4.79 Å². The Morgan fingerprint density at radius 3 is 2.50 bits per heavy atom. The maximum Gasteiger partial charge on any atom is 0.251 e. The van der Waals surface area contributed by atoms with E-state index >= 15 is 0 Å². The minimum Gasteiger partial charge on any atom is -0.384 e. The second kappa shape index (κ2) is 7.29. The third-order valence-electron chi connectivity index (χ3n) is 2.65. The third-order valence-corrected chi connectivity index (χ3v) is 2.65. The van der Waals surface area contributed by atoms with Gasteiger partial charge in [0.25, 0.3) is 5.91 Å². The monoisotopic (exact) mass is 277 g/mol. The number of carbonyl (C=O) groups is 1. The standard InChI is InChI=1S/C16H27N3O/c1-12(2)19-15(20)13-7-6-8-14(11-13)17-9-10-18-16(3,4)5/h6-8,11-12,17-18H,9-10H2,1-5H3,(H,19,20). The smallest absolute Gasteiger partial charge is 0.251 e. The van der Waals surface area contributed by atoms with Crippen LogP contribution in [0.1, 0.15) is 45.0 Å². The SMILES string of the molecule is CC(C)NC(=O)c1cccc(NCCNC(C)(C)C)c1. The molecule has 1 aromatic rings. The molecular formula is C16H27N3O. The molecule has 0 atom stereocenters. The maximum absolute atomic E-state index is 11.9. The number of hydrogen-bond donors (Lipinski definition) is 3. The summed E-state index contributed by atoms with van der Waals surface area (Å²) in [6, 6.07) is 7.73. The van der Waals surface area contributed by atoms with Gasteiger partial charge in [-0.3, -0.25) is 4.79 Å². The van der Waals surface area contributed by atoms with Gasteiger partial charge >= 0.3 is 0 Å². The first-order chi connectivity index (χ1) is 9.28. The Hall–Kier alpha value is -1.55. The van der Waals surface area contributed by atoms with Gasteiger partial charge in [0.2, 0.25) is 0 Å².